The third-order valence-corrected chi connectivity index (χ3v) is 6.80. The lowest BCUT2D eigenvalue weighted by Crippen LogP contribution is -2.53. The van der Waals surface area contributed by atoms with E-state index in [2.05, 4.69) is 0 Å². The van der Waals surface area contributed by atoms with E-state index in [0.717, 1.165) is 32.2 Å². The Morgan fingerprint density at radius 2 is 1.95 bits per heavy atom. The smallest absolute Gasteiger partial charge is 0.252 e. The summed E-state index contributed by atoms with van der Waals surface area (Å²) in [5, 5.41) is 0. The summed E-state index contributed by atoms with van der Waals surface area (Å²) in [5.41, 5.74) is 0. The highest BCUT2D eigenvalue weighted by atomic mass is 32.2. The van der Waals surface area contributed by atoms with Crippen LogP contribution in [-0.4, -0.2) is 68.2 Å². The number of hydrogen-bond donors (Lipinski definition) is 0. The minimum Gasteiger partial charge on any atom is -0.371 e. The van der Waals surface area contributed by atoms with E-state index in [0.29, 0.717) is 25.4 Å². The van der Waals surface area contributed by atoms with Gasteiger partial charge in [-0.25, -0.2) is 8.42 Å². The molecule has 3 rings (SSSR count). The van der Waals surface area contributed by atoms with Crippen molar-refractivity contribution in [2.45, 2.75) is 44.2 Å². The first kappa shape index (κ1) is 15.2. The van der Waals surface area contributed by atoms with Gasteiger partial charge >= 0.3 is 0 Å². The summed E-state index contributed by atoms with van der Waals surface area (Å²) < 4.78 is 31.1. The number of methoxy groups -OCH3 is 1. The Hall–Kier alpha value is -0.660. The molecular formula is C14H24N2O4S. The summed E-state index contributed by atoms with van der Waals surface area (Å²) in [5.74, 6) is 0.653. The van der Waals surface area contributed by atoms with Gasteiger partial charge in [0.05, 0.1) is 5.75 Å². The predicted molar refractivity (Wildman–Crippen MR) is 78.2 cm³/mol. The number of ether oxygens (including phenoxy) is 1. The summed E-state index contributed by atoms with van der Waals surface area (Å²) in [6.07, 6.45) is 4.20. The number of carbonyl (C=O) groups is 1. The molecule has 0 aromatic carbocycles. The van der Waals surface area contributed by atoms with Crippen molar-refractivity contribution in [3.05, 3.63) is 0 Å². The molecule has 6 nitrogen and oxygen atoms in total. The Balaban J connectivity index is 1.66. The molecule has 0 radical (unpaired) electrons. The Bertz CT molecular complexity index is 503. The summed E-state index contributed by atoms with van der Waals surface area (Å²) in [6.45, 7) is 1.84. The van der Waals surface area contributed by atoms with Gasteiger partial charge in [-0.1, -0.05) is 0 Å². The fourth-order valence-corrected chi connectivity index (χ4v) is 5.29. The fraction of sp³-hybridized carbons (Fsp3) is 0.929. The maximum atomic E-state index is 12.6. The average molecular weight is 316 g/mol. The number of rotatable bonds is 4. The minimum atomic E-state index is -3.10. The van der Waals surface area contributed by atoms with Gasteiger partial charge in [-0.3, -0.25) is 4.79 Å². The van der Waals surface area contributed by atoms with Gasteiger partial charge in [0.15, 0.2) is 0 Å². The van der Waals surface area contributed by atoms with E-state index in [4.69, 9.17) is 4.74 Å². The molecule has 2 aliphatic heterocycles. The molecule has 3 fully saturated rings. The van der Waals surface area contributed by atoms with Gasteiger partial charge in [0, 0.05) is 32.8 Å². The van der Waals surface area contributed by atoms with Crippen LogP contribution in [0.1, 0.15) is 32.1 Å². The number of piperidine rings is 1. The van der Waals surface area contributed by atoms with Crippen LogP contribution in [-0.2, 0) is 19.6 Å². The van der Waals surface area contributed by atoms with Crippen LogP contribution in [0, 0.1) is 5.92 Å². The van der Waals surface area contributed by atoms with Crippen molar-refractivity contribution >= 4 is 15.9 Å². The summed E-state index contributed by atoms with van der Waals surface area (Å²) in [4.78, 5) is 14.4. The zero-order valence-corrected chi connectivity index (χ0v) is 13.3. The van der Waals surface area contributed by atoms with E-state index < -0.39 is 10.0 Å². The Morgan fingerprint density at radius 3 is 2.52 bits per heavy atom. The highest BCUT2D eigenvalue weighted by Gasteiger charge is 2.42. The number of amides is 1. The van der Waals surface area contributed by atoms with Crippen molar-refractivity contribution in [2.75, 3.05) is 32.5 Å². The van der Waals surface area contributed by atoms with E-state index in [1.54, 1.807) is 11.4 Å². The molecule has 1 amide bonds. The van der Waals surface area contributed by atoms with Crippen LogP contribution in [0.5, 0.6) is 0 Å². The molecule has 0 aromatic heterocycles. The number of carbonyl (C=O) groups excluding carboxylic acids is 1. The van der Waals surface area contributed by atoms with Crippen LogP contribution in [0.3, 0.4) is 0 Å². The van der Waals surface area contributed by atoms with Crippen molar-refractivity contribution in [1.82, 2.24) is 9.21 Å². The second-order valence-electron chi connectivity index (χ2n) is 6.35. The Labute approximate surface area is 126 Å². The lowest BCUT2D eigenvalue weighted by Gasteiger charge is -2.38. The van der Waals surface area contributed by atoms with Crippen LogP contribution in [0.25, 0.3) is 0 Å². The first-order chi connectivity index (χ1) is 10.0. The van der Waals surface area contributed by atoms with Crippen LogP contribution in [0.15, 0.2) is 0 Å². The zero-order chi connectivity index (χ0) is 15.0. The third-order valence-electron chi connectivity index (χ3n) is 4.80. The summed E-state index contributed by atoms with van der Waals surface area (Å²) >= 11 is 0. The molecule has 2 saturated heterocycles. The first-order valence-corrected chi connectivity index (χ1v) is 9.45. The van der Waals surface area contributed by atoms with Gasteiger partial charge in [0.25, 0.3) is 5.91 Å². The van der Waals surface area contributed by atoms with Gasteiger partial charge in [0.2, 0.25) is 10.0 Å². The largest absolute Gasteiger partial charge is 0.371 e. The van der Waals surface area contributed by atoms with E-state index >= 15 is 0 Å². The van der Waals surface area contributed by atoms with Crippen molar-refractivity contribution in [1.29, 1.82) is 0 Å². The zero-order valence-electron chi connectivity index (χ0n) is 12.5. The summed E-state index contributed by atoms with van der Waals surface area (Å²) in [6, 6.07) is -0.0492. The molecule has 0 N–H and O–H groups in total. The number of nitrogens with zero attached hydrogens (tertiary/aromatic N) is 2. The maximum absolute atomic E-state index is 12.6. The quantitative estimate of drug-likeness (QED) is 0.755. The fourth-order valence-electron chi connectivity index (χ4n) is 3.53. The first-order valence-electron chi connectivity index (χ1n) is 7.84. The normalized spacial score (nSPS) is 31.3. The van der Waals surface area contributed by atoms with Crippen LogP contribution in [0.4, 0.5) is 0 Å². The lowest BCUT2D eigenvalue weighted by atomic mass is 10.0. The standard InChI is InChI=1S/C14H24N2O4S/c1-20-13(11-5-6-11)14(17)15-7-2-4-12(10-15)16-8-3-9-21(16,18)19/h11-13H,2-10H2,1H3. The highest BCUT2D eigenvalue weighted by molar-refractivity contribution is 7.89. The molecule has 1 saturated carbocycles. The molecular weight excluding hydrogens is 292 g/mol. The molecule has 2 heterocycles. The van der Waals surface area contributed by atoms with Crippen molar-refractivity contribution in [3.63, 3.8) is 0 Å². The highest BCUT2D eigenvalue weighted by Crippen LogP contribution is 2.35. The van der Waals surface area contributed by atoms with Gasteiger partial charge in [-0.15, -0.1) is 0 Å². The van der Waals surface area contributed by atoms with Gasteiger partial charge in [-0.05, 0) is 38.0 Å². The molecule has 21 heavy (non-hydrogen) atoms. The van der Waals surface area contributed by atoms with Gasteiger partial charge in [0.1, 0.15) is 6.10 Å². The molecule has 2 atom stereocenters. The van der Waals surface area contributed by atoms with Crippen molar-refractivity contribution in [2.24, 2.45) is 5.92 Å². The number of likely N-dealkylation sites (tertiary alicyclic amines) is 1. The maximum Gasteiger partial charge on any atom is 0.252 e. The molecule has 120 valence electrons. The molecule has 0 bridgehead atoms. The number of sulfonamides is 1. The lowest BCUT2D eigenvalue weighted by molar-refractivity contribution is -0.145. The Morgan fingerprint density at radius 1 is 1.19 bits per heavy atom. The third kappa shape index (κ3) is 3.10. The topological polar surface area (TPSA) is 66.9 Å². The van der Waals surface area contributed by atoms with Crippen LogP contribution < -0.4 is 0 Å². The van der Waals surface area contributed by atoms with E-state index in [-0.39, 0.29) is 23.8 Å². The second kappa shape index (κ2) is 5.85. The Kier molecular flexibility index (Phi) is 4.25. The van der Waals surface area contributed by atoms with E-state index in [1.807, 2.05) is 4.90 Å². The van der Waals surface area contributed by atoms with Crippen LogP contribution in [0.2, 0.25) is 0 Å². The van der Waals surface area contributed by atoms with Gasteiger partial charge in [-0.2, -0.15) is 4.31 Å². The second-order valence-corrected chi connectivity index (χ2v) is 8.40. The van der Waals surface area contributed by atoms with Crippen LogP contribution >= 0.6 is 0 Å². The van der Waals surface area contributed by atoms with E-state index in [1.165, 1.54) is 0 Å². The molecule has 0 aromatic rings. The molecule has 0 spiro atoms. The van der Waals surface area contributed by atoms with Crippen molar-refractivity contribution < 1.29 is 17.9 Å². The predicted octanol–water partition coefficient (Wildman–Crippen LogP) is 0.438. The number of hydrogen-bond acceptors (Lipinski definition) is 4. The van der Waals surface area contributed by atoms with Gasteiger partial charge < -0.3 is 9.64 Å². The average Bonchev–Trinajstić information content (AvgIpc) is 3.23. The molecule has 7 heteroatoms. The SMILES string of the molecule is COC(C(=O)N1CCCC(N2CCCS2(=O)=O)C1)C1CC1. The minimum absolute atomic E-state index is 0.0429. The monoisotopic (exact) mass is 316 g/mol. The summed E-state index contributed by atoms with van der Waals surface area (Å²) in [7, 11) is -1.51. The molecule has 1 aliphatic carbocycles. The van der Waals surface area contributed by atoms with Crippen molar-refractivity contribution in [3.8, 4) is 0 Å². The van der Waals surface area contributed by atoms with E-state index in [9.17, 15) is 13.2 Å². The molecule has 3 aliphatic rings. The molecule has 2 unspecified atom stereocenters.